The van der Waals surface area contributed by atoms with E-state index in [1.165, 1.54) is 6.42 Å². The molecular weight excluding hydrogens is 336 g/mol. The fourth-order valence-electron chi connectivity index (χ4n) is 3.02. The zero-order valence-electron chi connectivity index (χ0n) is 15.2. The fraction of sp³-hybridized carbons (Fsp3) is 0.526. The van der Waals surface area contributed by atoms with Gasteiger partial charge in [0.15, 0.2) is 6.61 Å². The Morgan fingerprint density at radius 1 is 1.15 bits per heavy atom. The van der Waals surface area contributed by atoms with Crippen molar-refractivity contribution in [3.8, 4) is 5.75 Å². The SMILES string of the molecule is CCOc1ccccc1C(=O)OCC(=O)NC(=O)N[C@H]1CCCC[C@H]1C. The van der Waals surface area contributed by atoms with Crippen molar-refractivity contribution in [3.63, 3.8) is 0 Å². The number of esters is 1. The monoisotopic (exact) mass is 362 g/mol. The number of carbonyl (C=O) groups excluding carboxylic acids is 3. The number of nitrogens with one attached hydrogen (secondary N) is 2. The average Bonchev–Trinajstić information content (AvgIpc) is 2.62. The minimum atomic E-state index is -0.675. The van der Waals surface area contributed by atoms with E-state index < -0.39 is 24.5 Å². The van der Waals surface area contributed by atoms with Gasteiger partial charge in [0.25, 0.3) is 5.91 Å². The number of hydrogen-bond acceptors (Lipinski definition) is 5. The zero-order valence-corrected chi connectivity index (χ0v) is 15.2. The smallest absolute Gasteiger partial charge is 0.342 e. The van der Waals surface area contributed by atoms with Crippen LogP contribution in [0.5, 0.6) is 5.75 Å². The summed E-state index contributed by atoms with van der Waals surface area (Å²) < 4.78 is 10.3. The molecule has 2 N–H and O–H groups in total. The second kappa shape index (κ2) is 9.79. The van der Waals surface area contributed by atoms with Crippen molar-refractivity contribution in [1.82, 2.24) is 10.6 Å². The van der Waals surface area contributed by atoms with Gasteiger partial charge >= 0.3 is 12.0 Å². The highest BCUT2D eigenvalue weighted by Crippen LogP contribution is 2.23. The second-order valence-electron chi connectivity index (χ2n) is 6.40. The van der Waals surface area contributed by atoms with Crippen LogP contribution in [-0.4, -0.2) is 37.2 Å². The highest BCUT2D eigenvalue weighted by Gasteiger charge is 2.23. The lowest BCUT2D eigenvalue weighted by Gasteiger charge is -2.29. The van der Waals surface area contributed by atoms with Gasteiger partial charge < -0.3 is 14.8 Å². The molecule has 26 heavy (non-hydrogen) atoms. The van der Waals surface area contributed by atoms with E-state index in [0.29, 0.717) is 18.3 Å². The minimum Gasteiger partial charge on any atom is -0.493 e. The summed E-state index contributed by atoms with van der Waals surface area (Å²) in [6, 6.07) is 6.14. The Morgan fingerprint density at radius 3 is 2.62 bits per heavy atom. The summed E-state index contributed by atoms with van der Waals surface area (Å²) in [7, 11) is 0. The topological polar surface area (TPSA) is 93.7 Å². The normalized spacial score (nSPS) is 19.3. The first-order valence-electron chi connectivity index (χ1n) is 9.00. The first kappa shape index (κ1) is 19.8. The van der Waals surface area contributed by atoms with Crippen molar-refractivity contribution in [2.45, 2.75) is 45.6 Å². The molecular formula is C19H26N2O5. The maximum Gasteiger partial charge on any atom is 0.342 e. The molecule has 7 nitrogen and oxygen atoms in total. The van der Waals surface area contributed by atoms with Crippen LogP contribution in [0.2, 0.25) is 0 Å². The van der Waals surface area contributed by atoms with E-state index in [4.69, 9.17) is 9.47 Å². The molecule has 1 saturated carbocycles. The number of hydrogen-bond donors (Lipinski definition) is 2. The molecule has 0 unspecified atom stereocenters. The van der Waals surface area contributed by atoms with Gasteiger partial charge in [-0.1, -0.05) is 31.9 Å². The number of imide groups is 1. The largest absolute Gasteiger partial charge is 0.493 e. The molecule has 1 aromatic carbocycles. The van der Waals surface area contributed by atoms with Crippen molar-refractivity contribution in [3.05, 3.63) is 29.8 Å². The van der Waals surface area contributed by atoms with Crippen molar-refractivity contribution in [2.75, 3.05) is 13.2 Å². The summed E-state index contributed by atoms with van der Waals surface area (Å²) in [6.45, 7) is 3.77. The van der Waals surface area contributed by atoms with Crippen molar-refractivity contribution >= 4 is 17.9 Å². The fourth-order valence-corrected chi connectivity index (χ4v) is 3.02. The van der Waals surface area contributed by atoms with E-state index >= 15 is 0 Å². The third-order valence-electron chi connectivity index (χ3n) is 4.42. The van der Waals surface area contributed by atoms with Crippen LogP contribution in [0.4, 0.5) is 4.79 Å². The molecule has 2 atom stereocenters. The van der Waals surface area contributed by atoms with E-state index in [-0.39, 0.29) is 11.6 Å². The molecule has 142 valence electrons. The minimum absolute atomic E-state index is 0.0668. The average molecular weight is 362 g/mol. The highest BCUT2D eigenvalue weighted by molar-refractivity contribution is 5.97. The van der Waals surface area contributed by atoms with Crippen LogP contribution in [0.25, 0.3) is 0 Å². The van der Waals surface area contributed by atoms with Crippen LogP contribution in [0.15, 0.2) is 24.3 Å². The molecule has 7 heteroatoms. The van der Waals surface area contributed by atoms with Gasteiger partial charge in [-0.3, -0.25) is 10.1 Å². The van der Waals surface area contributed by atoms with Crippen molar-refractivity contribution < 1.29 is 23.9 Å². The Hall–Kier alpha value is -2.57. The lowest BCUT2D eigenvalue weighted by molar-refractivity contribution is -0.123. The Kier molecular flexibility index (Phi) is 7.44. The van der Waals surface area contributed by atoms with Gasteiger partial charge in [-0.05, 0) is 37.8 Å². The summed E-state index contributed by atoms with van der Waals surface area (Å²) in [5.74, 6) is -0.569. The predicted molar refractivity (Wildman–Crippen MR) is 96.0 cm³/mol. The van der Waals surface area contributed by atoms with Gasteiger partial charge in [-0.15, -0.1) is 0 Å². The first-order valence-corrected chi connectivity index (χ1v) is 9.00. The van der Waals surface area contributed by atoms with Gasteiger partial charge in [0.2, 0.25) is 0 Å². The van der Waals surface area contributed by atoms with Crippen LogP contribution in [0.1, 0.15) is 49.9 Å². The molecule has 0 aromatic heterocycles. The molecule has 3 amide bonds. The van der Waals surface area contributed by atoms with E-state index in [1.54, 1.807) is 31.2 Å². The first-order chi connectivity index (χ1) is 12.5. The Morgan fingerprint density at radius 2 is 1.88 bits per heavy atom. The molecule has 1 aliphatic rings. The van der Waals surface area contributed by atoms with Gasteiger partial charge in [-0.25, -0.2) is 9.59 Å². The Bertz CT molecular complexity index is 647. The van der Waals surface area contributed by atoms with Crippen molar-refractivity contribution in [1.29, 1.82) is 0 Å². The predicted octanol–water partition coefficient (Wildman–Crippen LogP) is 2.65. The summed E-state index contributed by atoms with van der Waals surface area (Å²) in [6.07, 6.45) is 4.21. The molecule has 1 aliphatic carbocycles. The van der Waals surface area contributed by atoms with Gasteiger partial charge in [0.1, 0.15) is 11.3 Å². The number of rotatable bonds is 6. The van der Waals surface area contributed by atoms with Crippen LogP contribution >= 0.6 is 0 Å². The van der Waals surface area contributed by atoms with E-state index in [0.717, 1.165) is 19.3 Å². The van der Waals surface area contributed by atoms with E-state index in [1.807, 2.05) is 0 Å². The second-order valence-corrected chi connectivity index (χ2v) is 6.40. The standard InChI is InChI=1S/C19H26N2O5/c1-3-25-16-11-7-5-9-14(16)18(23)26-12-17(22)21-19(24)20-15-10-6-4-8-13(15)2/h5,7,9,11,13,15H,3-4,6,8,10,12H2,1-2H3,(H2,20,21,22,24)/t13-,15+/m1/s1. The van der Waals surface area contributed by atoms with E-state index in [9.17, 15) is 14.4 Å². The Balaban J connectivity index is 1.79. The highest BCUT2D eigenvalue weighted by atomic mass is 16.5. The molecule has 0 heterocycles. The van der Waals surface area contributed by atoms with Crippen LogP contribution in [0.3, 0.4) is 0 Å². The summed E-state index contributed by atoms with van der Waals surface area (Å²) in [4.78, 5) is 35.9. The molecule has 1 fully saturated rings. The summed E-state index contributed by atoms with van der Waals surface area (Å²) in [5, 5.41) is 5.01. The lowest BCUT2D eigenvalue weighted by atomic mass is 9.86. The van der Waals surface area contributed by atoms with Gasteiger partial charge in [0.05, 0.1) is 6.61 Å². The lowest BCUT2D eigenvalue weighted by Crippen LogP contribution is -2.48. The van der Waals surface area contributed by atoms with Gasteiger partial charge in [-0.2, -0.15) is 0 Å². The molecule has 1 aromatic rings. The number of benzene rings is 1. The molecule has 0 bridgehead atoms. The molecule has 0 spiro atoms. The summed E-state index contributed by atoms with van der Waals surface area (Å²) in [5.41, 5.74) is 0.239. The Labute approximate surface area is 153 Å². The van der Waals surface area contributed by atoms with Gasteiger partial charge in [0, 0.05) is 6.04 Å². The van der Waals surface area contributed by atoms with Crippen molar-refractivity contribution in [2.24, 2.45) is 5.92 Å². The molecule has 2 rings (SSSR count). The maximum absolute atomic E-state index is 12.1. The summed E-state index contributed by atoms with van der Waals surface area (Å²) >= 11 is 0. The zero-order chi connectivity index (χ0) is 18.9. The van der Waals surface area contributed by atoms with E-state index in [2.05, 4.69) is 17.6 Å². The maximum atomic E-state index is 12.1. The number of urea groups is 1. The quantitative estimate of drug-likeness (QED) is 0.759. The van der Waals surface area contributed by atoms with Crippen LogP contribution < -0.4 is 15.4 Å². The molecule has 0 aliphatic heterocycles. The number of carbonyl (C=O) groups is 3. The van der Waals surface area contributed by atoms with Crippen LogP contribution in [-0.2, 0) is 9.53 Å². The number of para-hydroxylation sites is 1. The third kappa shape index (κ3) is 5.75. The molecule has 0 saturated heterocycles. The third-order valence-corrected chi connectivity index (χ3v) is 4.42. The number of amides is 3. The number of ether oxygens (including phenoxy) is 2. The molecule has 0 radical (unpaired) electrons. The van der Waals surface area contributed by atoms with Crippen LogP contribution in [0, 0.1) is 5.92 Å².